The number of hydrogen-bond acceptors (Lipinski definition) is 4. The first-order chi connectivity index (χ1) is 13.5. The van der Waals surface area contributed by atoms with Gasteiger partial charge in [-0.3, -0.25) is 9.69 Å². The molecule has 0 aromatic heterocycles. The van der Waals surface area contributed by atoms with Gasteiger partial charge in [-0.15, -0.1) is 0 Å². The molecule has 6 nitrogen and oxygen atoms in total. The maximum Gasteiger partial charge on any atom is 0.339 e. The van der Waals surface area contributed by atoms with Gasteiger partial charge in [0.1, 0.15) is 11.3 Å². The molecule has 0 saturated heterocycles. The molecule has 0 radical (unpaired) electrons. The second-order valence-corrected chi connectivity index (χ2v) is 8.94. The number of aromatic hydroxyl groups is 1. The van der Waals surface area contributed by atoms with Gasteiger partial charge in [0.05, 0.1) is 12.2 Å². The number of benzene rings is 2. The van der Waals surface area contributed by atoms with Crippen molar-refractivity contribution in [1.29, 1.82) is 0 Å². The third-order valence-corrected chi connectivity index (χ3v) is 5.99. The van der Waals surface area contributed by atoms with Gasteiger partial charge in [0.2, 0.25) is 5.91 Å². The minimum atomic E-state index is -1.23. The lowest BCUT2D eigenvalue weighted by atomic mass is 9.63. The molecule has 1 aliphatic rings. The van der Waals surface area contributed by atoms with Crippen LogP contribution in [-0.4, -0.2) is 28.6 Å². The van der Waals surface area contributed by atoms with Gasteiger partial charge in [0.25, 0.3) is 0 Å². The molecule has 2 aromatic carbocycles. The van der Waals surface area contributed by atoms with Gasteiger partial charge in [-0.2, -0.15) is 0 Å². The molecule has 0 fully saturated rings. The predicted molar refractivity (Wildman–Crippen MR) is 113 cm³/mol. The van der Waals surface area contributed by atoms with Crippen molar-refractivity contribution in [3.63, 3.8) is 0 Å². The van der Waals surface area contributed by atoms with E-state index in [0.29, 0.717) is 11.4 Å². The molecular formula is C23H28N2O4. The molecule has 29 heavy (non-hydrogen) atoms. The number of aromatic carboxylic acids is 1. The normalized spacial score (nSPS) is 16.7. The van der Waals surface area contributed by atoms with Crippen molar-refractivity contribution in [1.82, 2.24) is 0 Å². The van der Waals surface area contributed by atoms with E-state index in [1.807, 2.05) is 12.1 Å². The average molecular weight is 396 g/mol. The summed E-state index contributed by atoms with van der Waals surface area (Å²) in [5.41, 5.74) is 8.91. The fourth-order valence-electron chi connectivity index (χ4n) is 4.08. The van der Waals surface area contributed by atoms with Crippen molar-refractivity contribution in [2.75, 3.05) is 11.4 Å². The van der Waals surface area contributed by atoms with E-state index in [-0.39, 0.29) is 28.8 Å². The summed E-state index contributed by atoms with van der Waals surface area (Å²) in [6.45, 7) is 8.65. The van der Waals surface area contributed by atoms with Gasteiger partial charge in [-0.1, -0.05) is 33.8 Å². The molecule has 0 aliphatic heterocycles. The van der Waals surface area contributed by atoms with Gasteiger partial charge in [-0.05, 0) is 59.1 Å². The lowest BCUT2D eigenvalue weighted by molar-refractivity contribution is -0.116. The van der Waals surface area contributed by atoms with Crippen LogP contribution in [0.15, 0.2) is 36.4 Å². The minimum Gasteiger partial charge on any atom is -0.507 e. The maximum absolute atomic E-state index is 12.7. The third-order valence-electron chi connectivity index (χ3n) is 5.99. The van der Waals surface area contributed by atoms with E-state index in [0.717, 1.165) is 12.8 Å². The zero-order chi connectivity index (χ0) is 21.6. The fraction of sp³-hybridized carbons (Fsp3) is 0.391. The maximum atomic E-state index is 12.7. The predicted octanol–water partition coefficient (Wildman–Crippen LogP) is 4.06. The van der Waals surface area contributed by atoms with Gasteiger partial charge in [-0.25, -0.2) is 4.79 Å². The molecule has 1 amide bonds. The molecule has 0 saturated carbocycles. The van der Waals surface area contributed by atoms with Crippen molar-refractivity contribution >= 4 is 23.3 Å². The van der Waals surface area contributed by atoms with Crippen LogP contribution < -0.4 is 10.6 Å². The van der Waals surface area contributed by atoms with Crippen molar-refractivity contribution in [3.8, 4) is 5.75 Å². The number of nitrogens with zero attached hydrogens (tertiary/aromatic N) is 1. The first-order valence-electron chi connectivity index (χ1n) is 9.72. The van der Waals surface area contributed by atoms with Crippen molar-refractivity contribution in [3.05, 3.63) is 53.1 Å². The smallest absolute Gasteiger partial charge is 0.339 e. The van der Waals surface area contributed by atoms with Crippen molar-refractivity contribution < 1.29 is 19.8 Å². The molecule has 0 bridgehead atoms. The van der Waals surface area contributed by atoms with Gasteiger partial charge in [0, 0.05) is 11.8 Å². The second-order valence-electron chi connectivity index (χ2n) is 8.94. The Morgan fingerprint density at radius 3 is 2.07 bits per heavy atom. The standard InChI is InChI=1S/C23H28N2O4/c1-22(2)9-10-23(3,4)18-11-14(6-8-17(18)22)25(20(27)13-24)15-5-7-16(21(28)29)19(26)12-15/h5-8,11-12,26H,9-10,13,24H2,1-4H3,(H,28,29). The number of amides is 1. The summed E-state index contributed by atoms with van der Waals surface area (Å²) in [4.78, 5) is 25.3. The second kappa shape index (κ2) is 7.19. The number of anilines is 2. The summed E-state index contributed by atoms with van der Waals surface area (Å²) >= 11 is 0. The highest BCUT2D eigenvalue weighted by molar-refractivity contribution is 6.02. The highest BCUT2D eigenvalue weighted by Gasteiger charge is 2.37. The number of carboxylic acids is 1. The number of rotatable bonds is 4. The summed E-state index contributed by atoms with van der Waals surface area (Å²) in [6.07, 6.45) is 2.12. The van der Waals surface area contributed by atoms with E-state index in [9.17, 15) is 14.7 Å². The Bertz CT molecular complexity index is 979. The lowest BCUT2D eigenvalue weighted by Gasteiger charge is -2.42. The molecule has 0 spiro atoms. The largest absolute Gasteiger partial charge is 0.507 e. The van der Waals surface area contributed by atoms with Crippen LogP contribution in [0.1, 0.15) is 62.0 Å². The van der Waals surface area contributed by atoms with Crippen LogP contribution in [0.4, 0.5) is 11.4 Å². The summed E-state index contributed by atoms with van der Waals surface area (Å²) < 4.78 is 0. The Labute approximate surface area is 171 Å². The van der Waals surface area contributed by atoms with E-state index in [1.54, 1.807) is 0 Å². The summed E-state index contributed by atoms with van der Waals surface area (Å²) in [5.74, 6) is -1.98. The number of carbonyl (C=O) groups excluding carboxylic acids is 1. The third kappa shape index (κ3) is 3.72. The van der Waals surface area contributed by atoms with Crippen LogP contribution in [0.2, 0.25) is 0 Å². The van der Waals surface area contributed by atoms with E-state index < -0.39 is 11.7 Å². The van der Waals surface area contributed by atoms with Gasteiger partial charge in [0.15, 0.2) is 0 Å². The van der Waals surface area contributed by atoms with Crippen molar-refractivity contribution in [2.24, 2.45) is 5.73 Å². The van der Waals surface area contributed by atoms with Crippen LogP contribution in [0.25, 0.3) is 0 Å². The number of carbonyl (C=O) groups is 2. The quantitative estimate of drug-likeness (QED) is 0.723. The average Bonchev–Trinajstić information content (AvgIpc) is 2.65. The molecule has 154 valence electrons. The number of hydrogen-bond donors (Lipinski definition) is 3. The molecule has 3 rings (SSSR count). The first-order valence-corrected chi connectivity index (χ1v) is 9.72. The van der Waals surface area contributed by atoms with Gasteiger partial charge >= 0.3 is 5.97 Å². The van der Waals surface area contributed by atoms with Crippen LogP contribution in [-0.2, 0) is 15.6 Å². The molecule has 0 unspecified atom stereocenters. The zero-order valence-corrected chi connectivity index (χ0v) is 17.3. The van der Waals surface area contributed by atoms with E-state index in [2.05, 4.69) is 33.8 Å². The fourth-order valence-corrected chi connectivity index (χ4v) is 4.08. The van der Waals surface area contributed by atoms with Crippen LogP contribution in [0.3, 0.4) is 0 Å². The Hall–Kier alpha value is -2.86. The van der Waals surface area contributed by atoms with E-state index >= 15 is 0 Å². The Balaban J connectivity index is 2.16. The highest BCUT2D eigenvalue weighted by atomic mass is 16.4. The van der Waals surface area contributed by atoms with E-state index in [1.165, 1.54) is 34.2 Å². The number of carboxylic acid groups (broad SMARTS) is 1. The molecule has 0 atom stereocenters. The Morgan fingerprint density at radius 2 is 1.52 bits per heavy atom. The molecule has 4 N–H and O–H groups in total. The van der Waals surface area contributed by atoms with Crippen molar-refractivity contribution in [2.45, 2.75) is 51.4 Å². The zero-order valence-electron chi connectivity index (χ0n) is 17.3. The summed E-state index contributed by atoms with van der Waals surface area (Å²) in [7, 11) is 0. The van der Waals surface area contributed by atoms with Crippen LogP contribution in [0.5, 0.6) is 5.75 Å². The van der Waals surface area contributed by atoms with Crippen LogP contribution >= 0.6 is 0 Å². The number of fused-ring (bicyclic) bond motifs is 1. The molecule has 1 aliphatic carbocycles. The molecular weight excluding hydrogens is 368 g/mol. The SMILES string of the molecule is CC1(C)CCC(C)(C)c2cc(N(C(=O)CN)c3ccc(C(=O)O)c(O)c3)ccc21. The molecule has 2 aromatic rings. The molecule has 6 heteroatoms. The monoisotopic (exact) mass is 396 g/mol. The molecule has 0 heterocycles. The summed E-state index contributed by atoms with van der Waals surface area (Å²) in [5, 5.41) is 19.3. The van der Waals surface area contributed by atoms with Gasteiger partial charge < -0.3 is 15.9 Å². The van der Waals surface area contributed by atoms with Crippen LogP contribution in [0, 0.1) is 0 Å². The summed E-state index contributed by atoms with van der Waals surface area (Å²) in [6, 6.07) is 10.0. The Kier molecular flexibility index (Phi) is 5.17. The topological polar surface area (TPSA) is 104 Å². The lowest BCUT2D eigenvalue weighted by Crippen LogP contribution is -2.35. The number of phenols is 1. The minimum absolute atomic E-state index is 0.0341. The number of nitrogens with two attached hydrogens (primary N) is 1. The first kappa shape index (κ1) is 20.9. The highest BCUT2D eigenvalue weighted by Crippen LogP contribution is 2.47. The van der Waals surface area contributed by atoms with E-state index in [4.69, 9.17) is 10.8 Å². The Morgan fingerprint density at radius 1 is 0.966 bits per heavy atom.